The number of hydrogen-bond donors (Lipinski definition) is 0. The van der Waals surface area contributed by atoms with Gasteiger partial charge in [0.2, 0.25) is 0 Å². The van der Waals surface area contributed by atoms with Crippen LogP contribution in [0.4, 0.5) is 13.2 Å². The van der Waals surface area contributed by atoms with Gasteiger partial charge in [-0.2, -0.15) is 13.2 Å². The van der Waals surface area contributed by atoms with Crippen molar-refractivity contribution in [3.05, 3.63) is 94.5 Å². The van der Waals surface area contributed by atoms with Gasteiger partial charge in [0.15, 0.2) is 11.5 Å². The van der Waals surface area contributed by atoms with Crippen LogP contribution in [-0.2, 0) is 25.6 Å². The first kappa shape index (κ1) is 28.1. The Morgan fingerprint density at radius 3 is 2.00 bits per heavy atom. The summed E-state index contributed by atoms with van der Waals surface area (Å²) in [5.41, 5.74) is 2.61. The number of carbonyl (C=O) groups excluding carboxylic acids is 1. The molecule has 37 heavy (non-hydrogen) atoms. The van der Waals surface area contributed by atoms with Crippen molar-refractivity contribution < 1.29 is 27.4 Å². The molecule has 7 heteroatoms. The van der Waals surface area contributed by atoms with Crippen LogP contribution >= 0.6 is 0 Å². The van der Waals surface area contributed by atoms with Gasteiger partial charge in [0.25, 0.3) is 5.91 Å². The van der Waals surface area contributed by atoms with Crippen molar-refractivity contribution in [1.29, 1.82) is 0 Å². The maximum Gasteiger partial charge on any atom is 0.416 e. The molecule has 0 aliphatic carbocycles. The molecule has 4 nitrogen and oxygen atoms in total. The molecule has 0 spiro atoms. The number of hydrogen-bond acceptors (Lipinski definition) is 3. The molecule has 198 valence electrons. The number of benzene rings is 3. The molecule has 0 atom stereocenters. The number of ether oxygens (including phenoxy) is 2. The Balaban J connectivity index is 1.79. The van der Waals surface area contributed by atoms with Crippen LogP contribution in [0.3, 0.4) is 0 Å². The normalized spacial score (nSPS) is 11.3. The molecule has 0 N–H and O–H groups in total. The summed E-state index contributed by atoms with van der Waals surface area (Å²) >= 11 is 0. The lowest BCUT2D eigenvalue weighted by atomic mass is 10.0. The van der Waals surface area contributed by atoms with Crippen molar-refractivity contribution in [2.45, 2.75) is 51.7 Å². The van der Waals surface area contributed by atoms with E-state index in [1.54, 1.807) is 19.1 Å². The van der Waals surface area contributed by atoms with Crippen LogP contribution < -0.4 is 9.47 Å². The van der Waals surface area contributed by atoms with Gasteiger partial charge in [-0.1, -0.05) is 50.1 Å². The Bertz CT molecular complexity index is 1140. The first-order valence-corrected chi connectivity index (χ1v) is 12.5. The molecule has 1 amide bonds. The summed E-state index contributed by atoms with van der Waals surface area (Å²) in [5.74, 6) is 1.04. The number of carbonyl (C=O) groups is 1. The standard InChI is InChI=1S/C30H34F3NO3/c1-4-5-6-7-22-8-13-25(14-9-22)29(35)34(21-24-10-15-26(16-11-24)30(31,32)33)19-18-23-12-17-27(36-2)28(20-23)37-3/h8-17,20H,4-7,18-19,21H2,1-3H3. The van der Waals surface area contributed by atoms with Crippen LogP contribution in [0.5, 0.6) is 11.5 Å². The molecular weight excluding hydrogens is 479 g/mol. The Morgan fingerprint density at radius 2 is 1.41 bits per heavy atom. The van der Waals surface area contributed by atoms with Crippen molar-refractivity contribution >= 4 is 5.91 Å². The highest BCUT2D eigenvalue weighted by atomic mass is 19.4. The highest BCUT2D eigenvalue weighted by Gasteiger charge is 2.30. The van der Waals surface area contributed by atoms with E-state index in [0.29, 0.717) is 35.6 Å². The molecule has 0 radical (unpaired) electrons. The second-order valence-corrected chi connectivity index (χ2v) is 9.01. The van der Waals surface area contributed by atoms with E-state index < -0.39 is 11.7 Å². The van der Waals surface area contributed by atoms with Gasteiger partial charge >= 0.3 is 6.18 Å². The third-order valence-corrected chi connectivity index (χ3v) is 6.33. The lowest BCUT2D eigenvalue weighted by Crippen LogP contribution is -2.32. The number of unbranched alkanes of at least 4 members (excludes halogenated alkanes) is 2. The van der Waals surface area contributed by atoms with Crippen LogP contribution in [-0.4, -0.2) is 31.6 Å². The quantitative estimate of drug-likeness (QED) is 0.238. The van der Waals surface area contributed by atoms with E-state index in [9.17, 15) is 18.0 Å². The molecule has 3 aromatic rings. The monoisotopic (exact) mass is 513 g/mol. The fourth-order valence-corrected chi connectivity index (χ4v) is 4.15. The maximum atomic E-state index is 13.5. The number of nitrogens with zero attached hydrogens (tertiary/aromatic N) is 1. The van der Waals surface area contributed by atoms with Gasteiger partial charge in [-0.3, -0.25) is 4.79 Å². The molecule has 3 aromatic carbocycles. The summed E-state index contributed by atoms with van der Waals surface area (Å²) < 4.78 is 49.7. The zero-order chi connectivity index (χ0) is 26.8. The first-order chi connectivity index (χ1) is 17.7. The van der Waals surface area contributed by atoms with Gasteiger partial charge in [0.1, 0.15) is 0 Å². The summed E-state index contributed by atoms with van der Waals surface area (Å²) in [4.78, 5) is 15.2. The molecule has 3 rings (SSSR count). The topological polar surface area (TPSA) is 38.8 Å². The maximum absolute atomic E-state index is 13.5. The minimum atomic E-state index is -4.40. The van der Waals surface area contributed by atoms with Gasteiger partial charge in [0.05, 0.1) is 19.8 Å². The van der Waals surface area contributed by atoms with Gasteiger partial charge < -0.3 is 14.4 Å². The minimum Gasteiger partial charge on any atom is -0.493 e. The smallest absolute Gasteiger partial charge is 0.416 e. The zero-order valence-corrected chi connectivity index (χ0v) is 21.6. The third-order valence-electron chi connectivity index (χ3n) is 6.33. The van der Waals surface area contributed by atoms with E-state index in [-0.39, 0.29) is 12.5 Å². The molecule has 0 saturated carbocycles. The molecule has 0 fully saturated rings. The van der Waals surface area contributed by atoms with E-state index in [1.165, 1.54) is 17.7 Å². The van der Waals surface area contributed by atoms with E-state index in [4.69, 9.17) is 9.47 Å². The van der Waals surface area contributed by atoms with Crippen LogP contribution in [0.25, 0.3) is 0 Å². The summed E-state index contributed by atoms with van der Waals surface area (Å²) in [6.45, 7) is 2.74. The first-order valence-electron chi connectivity index (χ1n) is 12.5. The zero-order valence-electron chi connectivity index (χ0n) is 21.6. The molecule has 0 bridgehead atoms. The second kappa shape index (κ2) is 13.2. The number of halogens is 3. The van der Waals surface area contributed by atoms with E-state index >= 15 is 0 Å². The van der Waals surface area contributed by atoms with Crippen molar-refractivity contribution in [3.63, 3.8) is 0 Å². The van der Waals surface area contributed by atoms with Crippen molar-refractivity contribution in [2.75, 3.05) is 20.8 Å². The molecular formula is C30H34F3NO3. The summed E-state index contributed by atoms with van der Waals surface area (Å²) in [7, 11) is 3.13. The lowest BCUT2D eigenvalue weighted by molar-refractivity contribution is -0.137. The van der Waals surface area contributed by atoms with E-state index in [2.05, 4.69) is 6.92 Å². The van der Waals surface area contributed by atoms with Gasteiger partial charge in [-0.15, -0.1) is 0 Å². The average molecular weight is 514 g/mol. The van der Waals surface area contributed by atoms with Crippen molar-refractivity contribution in [2.24, 2.45) is 0 Å². The lowest BCUT2D eigenvalue weighted by Gasteiger charge is -2.24. The largest absolute Gasteiger partial charge is 0.493 e. The Hall–Kier alpha value is -3.48. The molecule has 0 aromatic heterocycles. The van der Waals surface area contributed by atoms with Gasteiger partial charge in [0, 0.05) is 18.7 Å². The number of rotatable bonds is 12. The molecule has 0 aliphatic rings. The van der Waals surface area contributed by atoms with Crippen molar-refractivity contribution in [3.8, 4) is 11.5 Å². The molecule has 0 unspecified atom stereocenters. The predicted octanol–water partition coefficient (Wildman–Crippen LogP) is 7.34. The van der Waals surface area contributed by atoms with Crippen LogP contribution in [0.15, 0.2) is 66.7 Å². The molecule has 0 heterocycles. The van der Waals surface area contributed by atoms with E-state index in [0.717, 1.165) is 43.4 Å². The summed E-state index contributed by atoms with van der Waals surface area (Å²) in [6, 6.07) is 18.2. The second-order valence-electron chi connectivity index (χ2n) is 9.01. The third kappa shape index (κ3) is 8.00. The summed E-state index contributed by atoms with van der Waals surface area (Å²) in [5, 5.41) is 0. The Morgan fingerprint density at radius 1 is 0.784 bits per heavy atom. The minimum absolute atomic E-state index is 0.166. The highest BCUT2D eigenvalue weighted by Crippen LogP contribution is 2.30. The fraction of sp³-hybridized carbons (Fsp3) is 0.367. The van der Waals surface area contributed by atoms with Crippen LogP contribution in [0.1, 0.15) is 58.8 Å². The number of aryl methyl sites for hydroxylation is 1. The summed E-state index contributed by atoms with van der Waals surface area (Å²) in [6.07, 6.45) is 0.529. The average Bonchev–Trinajstić information content (AvgIpc) is 2.90. The SMILES string of the molecule is CCCCCc1ccc(C(=O)N(CCc2ccc(OC)c(OC)c2)Cc2ccc(C(F)(F)F)cc2)cc1. The van der Waals surface area contributed by atoms with E-state index in [1.807, 2.05) is 42.5 Å². The number of methoxy groups -OCH3 is 2. The highest BCUT2D eigenvalue weighted by molar-refractivity contribution is 5.94. The van der Waals surface area contributed by atoms with Crippen molar-refractivity contribution in [1.82, 2.24) is 4.90 Å². The molecule has 0 saturated heterocycles. The molecule has 0 aliphatic heterocycles. The van der Waals surface area contributed by atoms with Gasteiger partial charge in [-0.05, 0) is 72.4 Å². The Kier molecular flexibility index (Phi) is 10.0. The number of amides is 1. The fourth-order valence-electron chi connectivity index (χ4n) is 4.15. The predicted molar refractivity (Wildman–Crippen MR) is 139 cm³/mol. The Labute approximate surface area is 217 Å². The number of alkyl halides is 3. The van der Waals surface area contributed by atoms with Gasteiger partial charge in [-0.25, -0.2) is 0 Å². The van der Waals surface area contributed by atoms with Crippen LogP contribution in [0.2, 0.25) is 0 Å². The van der Waals surface area contributed by atoms with Crippen LogP contribution in [0, 0.1) is 0 Å².